The molecule has 0 saturated carbocycles. The van der Waals surface area contributed by atoms with Crippen LogP contribution in [0.15, 0.2) is 10.5 Å². The van der Waals surface area contributed by atoms with Gasteiger partial charge in [0.2, 0.25) is 0 Å². The Morgan fingerprint density at radius 2 is 2.14 bits per heavy atom. The number of aryl methyl sites for hydroxylation is 1. The highest BCUT2D eigenvalue weighted by atomic mass is 32.2. The van der Waals surface area contributed by atoms with E-state index in [-0.39, 0.29) is 5.76 Å². The molecule has 1 unspecified atom stereocenters. The molecule has 0 aliphatic heterocycles. The summed E-state index contributed by atoms with van der Waals surface area (Å²) in [6.07, 6.45) is -4.77. The number of alkyl halides is 3. The molecule has 1 heterocycles. The Bertz CT molecular complexity index is 356. The smallest absolute Gasteiger partial charge is 0.453 e. The highest BCUT2D eigenvalue weighted by molar-refractivity contribution is 7.74. The van der Waals surface area contributed by atoms with Gasteiger partial charge in [0.05, 0.1) is 0 Å². The van der Waals surface area contributed by atoms with E-state index in [1.807, 2.05) is 0 Å². The molecule has 0 aliphatic rings. The topological polar surface area (TPSA) is 62.5 Å². The van der Waals surface area contributed by atoms with Gasteiger partial charge in [-0.3, -0.25) is 0 Å². The normalized spacial score (nSPS) is 14.1. The lowest BCUT2D eigenvalue weighted by molar-refractivity contribution is -0.154. The minimum atomic E-state index is -4.77. The van der Waals surface area contributed by atoms with Crippen molar-refractivity contribution in [3.8, 4) is 5.75 Å². The molecule has 1 rings (SSSR count). The Morgan fingerprint density at radius 1 is 1.57 bits per heavy atom. The Kier molecular flexibility index (Phi) is 2.86. The summed E-state index contributed by atoms with van der Waals surface area (Å²) in [5.41, 5.74) is 0. The first-order valence-corrected chi connectivity index (χ1v) is 4.26. The van der Waals surface area contributed by atoms with Crippen LogP contribution in [0.5, 0.6) is 5.75 Å². The first-order valence-electron chi connectivity index (χ1n) is 3.26. The Balaban J connectivity index is 3.09. The van der Waals surface area contributed by atoms with Crippen LogP contribution in [0.3, 0.4) is 0 Å². The molecule has 0 spiro atoms. The predicted molar refractivity (Wildman–Crippen MR) is 38.0 cm³/mol. The SMILES string of the molecule is Cc1cc(OS(=O)[O-])c(C(F)(F)F)o1. The van der Waals surface area contributed by atoms with Crippen molar-refractivity contribution in [3.05, 3.63) is 17.6 Å². The molecule has 1 aromatic rings. The van der Waals surface area contributed by atoms with E-state index in [0.717, 1.165) is 6.07 Å². The lowest BCUT2D eigenvalue weighted by Crippen LogP contribution is -2.07. The Hall–Kier alpha value is -1.02. The fourth-order valence-corrected chi connectivity index (χ4v) is 1.09. The minimum Gasteiger partial charge on any atom is -0.740 e. The first-order chi connectivity index (χ1) is 6.30. The Labute approximate surface area is 79.2 Å². The second-order valence-electron chi connectivity index (χ2n) is 2.34. The molecule has 0 bridgehead atoms. The molecule has 1 atom stereocenters. The van der Waals surface area contributed by atoms with Crippen LogP contribution in [0.2, 0.25) is 0 Å². The van der Waals surface area contributed by atoms with Crippen molar-refractivity contribution >= 4 is 11.4 Å². The van der Waals surface area contributed by atoms with Crippen LogP contribution in [-0.4, -0.2) is 8.76 Å². The van der Waals surface area contributed by atoms with Crippen LogP contribution < -0.4 is 4.18 Å². The third-order valence-corrected chi connectivity index (χ3v) is 1.55. The molecule has 1 aromatic heterocycles. The van der Waals surface area contributed by atoms with E-state index in [1.54, 1.807) is 0 Å². The van der Waals surface area contributed by atoms with Gasteiger partial charge in [-0.05, 0) is 6.92 Å². The van der Waals surface area contributed by atoms with E-state index in [1.165, 1.54) is 6.92 Å². The third kappa shape index (κ3) is 2.48. The van der Waals surface area contributed by atoms with E-state index >= 15 is 0 Å². The van der Waals surface area contributed by atoms with Crippen molar-refractivity contribution in [1.29, 1.82) is 0 Å². The number of rotatable bonds is 2. The molecule has 80 valence electrons. The van der Waals surface area contributed by atoms with Gasteiger partial charge >= 0.3 is 6.18 Å². The zero-order chi connectivity index (χ0) is 10.9. The lowest BCUT2D eigenvalue weighted by Gasteiger charge is -2.08. The molecule has 0 aromatic carbocycles. The molecular weight excluding hydrogens is 225 g/mol. The average molecular weight is 229 g/mol. The van der Waals surface area contributed by atoms with Gasteiger partial charge in [0, 0.05) is 6.07 Å². The van der Waals surface area contributed by atoms with Crippen LogP contribution >= 0.6 is 0 Å². The zero-order valence-corrected chi connectivity index (χ0v) is 7.57. The highest BCUT2D eigenvalue weighted by Gasteiger charge is 2.39. The van der Waals surface area contributed by atoms with E-state index in [9.17, 15) is 21.9 Å². The summed E-state index contributed by atoms with van der Waals surface area (Å²) in [6, 6.07) is 0.846. The molecule has 0 aliphatic carbocycles. The summed E-state index contributed by atoms with van der Waals surface area (Å²) in [5.74, 6) is -2.40. The molecule has 0 saturated heterocycles. The van der Waals surface area contributed by atoms with Crippen LogP contribution in [0.4, 0.5) is 13.2 Å². The van der Waals surface area contributed by atoms with Gasteiger partial charge in [-0.25, -0.2) is 4.21 Å². The molecule has 0 N–H and O–H groups in total. The number of hydrogen-bond acceptors (Lipinski definition) is 4. The third-order valence-electron chi connectivity index (χ3n) is 1.24. The summed E-state index contributed by atoms with van der Waals surface area (Å²) < 4.78 is 64.6. The summed E-state index contributed by atoms with van der Waals surface area (Å²) in [4.78, 5) is 0. The minimum absolute atomic E-state index is 0.0854. The summed E-state index contributed by atoms with van der Waals surface area (Å²) in [5, 5.41) is 0. The zero-order valence-electron chi connectivity index (χ0n) is 6.75. The summed E-state index contributed by atoms with van der Waals surface area (Å²) in [7, 11) is 0. The van der Waals surface area contributed by atoms with E-state index in [2.05, 4.69) is 8.60 Å². The monoisotopic (exact) mass is 229 g/mol. The summed E-state index contributed by atoms with van der Waals surface area (Å²) in [6.45, 7) is 1.25. The van der Waals surface area contributed by atoms with Crippen LogP contribution in [0.1, 0.15) is 11.5 Å². The van der Waals surface area contributed by atoms with Gasteiger partial charge in [-0.15, -0.1) is 0 Å². The van der Waals surface area contributed by atoms with Crippen LogP contribution in [-0.2, 0) is 17.5 Å². The van der Waals surface area contributed by atoms with Crippen molar-refractivity contribution in [2.45, 2.75) is 13.1 Å². The second-order valence-corrected chi connectivity index (χ2v) is 2.91. The molecule has 0 radical (unpaired) electrons. The largest absolute Gasteiger partial charge is 0.740 e. The van der Waals surface area contributed by atoms with Gasteiger partial charge in [0.25, 0.3) is 5.76 Å². The quantitative estimate of drug-likeness (QED) is 0.725. The fraction of sp³-hybridized carbons (Fsp3) is 0.333. The fourth-order valence-electron chi connectivity index (χ4n) is 0.824. The van der Waals surface area contributed by atoms with Gasteiger partial charge in [-0.2, -0.15) is 13.2 Å². The van der Waals surface area contributed by atoms with Crippen molar-refractivity contribution in [1.82, 2.24) is 0 Å². The van der Waals surface area contributed by atoms with E-state index in [0.29, 0.717) is 0 Å². The van der Waals surface area contributed by atoms with Crippen molar-refractivity contribution < 1.29 is 30.5 Å². The highest BCUT2D eigenvalue weighted by Crippen LogP contribution is 2.38. The maximum atomic E-state index is 12.1. The predicted octanol–water partition coefficient (Wildman–Crippen LogP) is 1.78. The lowest BCUT2D eigenvalue weighted by atomic mass is 10.4. The van der Waals surface area contributed by atoms with Gasteiger partial charge < -0.3 is 13.2 Å². The number of hydrogen-bond donors (Lipinski definition) is 0. The van der Waals surface area contributed by atoms with Crippen molar-refractivity contribution in [3.63, 3.8) is 0 Å². The molecule has 0 amide bonds. The van der Waals surface area contributed by atoms with Crippen LogP contribution in [0.25, 0.3) is 0 Å². The van der Waals surface area contributed by atoms with E-state index in [4.69, 9.17) is 0 Å². The molecule has 4 nitrogen and oxygen atoms in total. The standard InChI is InChI=1S/C6H5F3O4S/c1-3-2-4(13-14(10)11)5(12-3)6(7,8)9/h2H,1H3,(H,10,11)/p-1. The van der Waals surface area contributed by atoms with Gasteiger partial charge in [0.15, 0.2) is 5.75 Å². The average Bonchev–Trinajstić information content (AvgIpc) is 2.28. The van der Waals surface area contributed by atoms with Crippen LogP contribution in [0, 0.1) is 6.92 Å². The second kappa shape index (κ2) is 3.62. The van der Waals surface area contributed by atoms with Crippen molar-refractivity contribution in [2.75, 3.05) is 0 Å². The first kappa shape index (κ1) is 11.1. The maximum absolute atomic E-state index is 12.1. The van der Waals surface area contributed by atoms with E-state index < -0.39 is 29.0 Å². The van der Waals surface area contributed by atoms with Crippen molar-refractivity contribution in [2.24, 2.45) is 0 Å². The number of halogens is 3. The summed E-state index contributed by atoms with van der Waals surface area (Å²) >= 11 is -3.06. The molecule has 14 heavy (non-hydrogen) atoms. The van der Waals surface area contributed by atoms with Gasteiger partial charge in [0.1, 0.15) is 17.1 Å². The van der Waals surface area contributed by atoms with Gasteiger partial charge in [-0.1, -0.05) is 0 Å². The maximum Gasteiger partial charge on any atom is 0.453 e. The number of furan rings is 1. The molecule has 0 fully saturated rings. The molecule has 8 heteroatoms. The molecular formula is C6H4F3O4S-. The Morgan fingerprint density at radius 3 is 2.57 bits per heavy atom.